The number of carboxylic acids is 1. The topological polar surface area (TPSA) is 87.7 Å². The monoisotopic (exact) mass is 204 g/mol. The fraction of sp³-hybridized carbons (Fsp3) is 0.750. The van der Waals surface area contributed by atoms with E-state index in [1.165, 1.54) is 6.92 Å². The van der Waals surface area contributed by atoms with E-state index in [2.05, 4.69) is 10.9 Å². The van der Waals surface area contributed by atoms with Crippen LogP contribution in [0.4, 0.5) is 4.79 Å². The quantitative estimate of drug-likeness (QED) is 0.433. The van der Waals surface area contributed by atoms with Crippen LogP contribution in [0.1, 0.15) is 26.7 Å². The second-order valence-electron chi connectivity index (χ2n) is 2.82. The zero-order chi connectivity index (χ0) is 11.0. The van der Waals surface area contributed by atoms with E-state index in [1.54, 1.807) is 0 Å². The molecule has 0 fully saturated rings. The molecule has 0 aliphatic carbocycles. The Labute approximate surface area is 82.6 Å². The van der Waals surface area contributed by atoms with Gasteiger partial charge in [-0.25, -0.2) is 10.2 Å². The molecule has 0 aromatic carbocycles. The van der Waals surface area contributed by atoms with Crippen LogP contribution in [0.2, 0.25) is 0 Å². The van der Waals surface area contributed by atoms with Gasteiger partial charge in [-0.05, 0) is 13.3 Å². The molecule has 0 aromatic heterocycles. The molecule has 1 amide bonds. The second-order valence-corrected chi connectivity index (χ2v) is 2.82. The van der Waals surface area contributed by atoms with Crippen molar-refractivity contribution < 1.29 is 19.4 Å². The van der Waals surface area contributed by atoms with Gasteiger partial charge in [0.2, 0.25) is 0 Å². The number of hydrazine groups is 1. The van der Waals surface area contributed by atoms with Crippen molar-refractivity contribution in [3.05, 3.63) is 0 Å². The molecule has 0 spiro atoms. The zero-order valence-corrected chi connectivity index (χ0v) is 8.37. The lowest BCUT2D eigenvalue weighted by Gasteiger charge is -2.10. The minimum absolute atomic E-state index is 0.339. The number of carboxylic acid groups (broad SMARTS) is 1. The summed E-state index contributed by atoms with van der Waals surface area (Å²) in [5.74, 6) is -1.04. The Morgan fingerprint density at radius 2 is 2.14 bits per heavy atom. The van der Waals surface area contributed by atoms with Gasteiger partial charge in [-0.3, -0.25) is 10.2 Å². The van der Waals surface area contributed by atoms with Gasteiger partial charge in [-0.2, -0.15) is 0 Å². The molecule has 0 saturated heterocycles. The molecule has 0 unspecified atom stereocenters. The summed E-state index contributed by atoms with van der Waals surface area (Å²) in [6.07, 6.45) is 1.07. The molecule has 0 aliphatic heterocycles. The predicted octanol–water partition coefficient (Wildman–Crippen LogP) is 0.490. The first-order valence-electron chi connectivity index (χ1n) is 4.49. The average Bonchev–Trinajstić information content (AvgIpc) is 2.14. The summed E-state index contributed by atoms with van der Waals surface area (Å²) < 4.78 is 4.71. The number of carbonyl (C=O) groups excluding carboxylic acids is 1. The van der Waals surface area contributed by atoms with Gasteiger partial charge in [0.15, 0.2) is 0 Å². The third kappa shape index (κ3) is 6.24. The summed E-state index contributed by atoms with van der Waals surface area (Å²) in [7, 11) is 0. The number of ether oxygens (including phenoxy) is 1. The molecule has 0 aromatic rings. The summed E-state index contributed by atoms with van der Waals surface area (Å²) in [5.41, 5.74) is 4.42. The molecule has 82 valence electrons. The molecule has 6 heteroatoms. The molecular weight excluding hydrogens is 188 g/mol. The van der Waals surface area contributed by atoms with E-state index in [0.29, 0.717) is 6.61 Å². The standard InChI is InChI=1S/C8H16N2O4/c1-3-4-5-14-8(13)10-9-6(2)7(11)12/h6,9H,3-5H2,1-2H3,(H,10,13)(H,11,12)/t6-/m0/s1. The first kappa shape index (κ1) is 12.7. The van der Waals surface area contributed by atoms with Crippen LogP contribution in [-0.4, -0.2) is 29.8 Å². The number of unbranched alkanes of at least 4 members (excludes halogenated alkanes) is 1. The molecule has 6 nitrogen and oxygen atoms in total. The van der Waals surface area contributed by atoms with Gasteiger partial charge in [0.25, 0.3) is 0 Å². The zero-order valence-electron chi connectivity index (χ0n) is 8.37. The Bertz CT molecular complexity index is 196. The highest BCUT2D eigenvalue weighted by molar-refractivity contribution is 5.73. The molecule has 0 aliphatic rings. The van der Waals surface area contributed by atoms with Crippen molar-refractivity contribution in [2.45, 2.75) is 32.7 Å². The van der Waals surface area contributed by atoms with Crippen molar-refractivity contribution in [2.24, 2.45) is 0 Å². The van der Waals surface area contributed by atoms with E-state index >= 15 is 0 Å². The summed E-state index contributed by atoms with van der Waals surface area (Å²) in [6.45, 7) is 3.73. The summed E-state index contributed by atoms with van der Waals surface area (Å²) >= 11 is 0. The van der Waals surface area contributed by atoms with Crippen molar-refractivity contribution in [1.82, 2.24) is 10.9 Å². The lowest BCUT2D eigenvalue weighted by molar-refractivity contribution is -0.139. The predicted molar refractivity (Wildman–Crippen MR) is 49.6 cm³/mol. The third-order valence-corrected chi connectivity index (χ3v) is 1.49. The normalized spacial score (nSPS) is 11.9. The first-order valence-corrected chi connectivity index (χ1v) is 4.49. The van der Waals surface area contributed by atoms with Crippen LogP contribution in [0.5, 0.6) is 0 Å². The van der Waals surface area contributed by atoms with Gasteiger partial charge in [0, 0.05) is 0 Å². The number of aliphatic carboxylic acids is 1. The maximum Gasteiger partial charge on any atom is 0.421 e. The van der Waals surface area contributed by atoms with Crippen molar-refractivity contribution in [1.29, 1.82) is 0 Å². The van der Waals surface area contributed by atoms with Crippen LogP contribution < -0.4 is 10.9 Å². The first-order chi connectivity index (χ1) is 6.57. The molecule has 0 rings (SSSR count). The van der Waals surface area contributed by atoms with Crippen LogP contribution >= 0.6 is 0 Å². The van der Waals surface area contributed by atoms with Crippen LogP contribution in [0.15, 0.2) is 0 Å². The third-order valence-electron chi connectivity index (χ3n) is 1.49. The van der Waals surface area contributed by atoms with Crippen molar-refractivity contribution in [3.63, 3.8) is 0 Å². The molecule has 3 N–H and O–H groups in total. The largest absolute Gasteiger partial charge is 0.480 e. The smallest absolute Gasteiger partial charge is 0.421 e. The molecule has 14 heavy (non-hydrogen) atoms. The van der Waals surface area contributed by atoms with E-state index in [9.17, 15) is 9.59 Å². The number of rotatable bonds is 6. The molecule has 0 saturated carbocycles. The van der Waals surface area contributed by atoms with E-state index in [1.807, 2.05) is 6.92 Å². The van der Waals surface area contributed by atoms with Gasteiger partial charge in [-0.1, -0.05) is 13.3 Å². The van der Waals surface area contributed by atoms with Crippen molar-refractivity contribution in [2.75, 3.05) is 6.61 Å². The minimum atomic E-state index is -1.04. The fourth-order valence-electron chi connectivity index (χ4n) is 0.574. The average molecular weight is 204 g/mol. The highest BCUT2D eigenvalue weighted by atomic mass is 16.6. The Hall–Kier alpha value is -1.30. The number of hydrogen-bond donors (Lipinski definition) is 3. The maximum atomic E-state index is 10.9. The number of carbonyl (C=O) groups is 2. The summed E-state index contributed by atoms with van der Waals surface area (Å²) in [6, 6.07) is -0.839. The van der Waals surface area contributed by atoms with Crippen LogP contribution in [0.25, 0.3) is 0 Å². The Morgan fingerprint density at radius 3 is 2.64 bits per heavy atom. The van der Waals surface area contributed by atoms with Crippen LogP contribution in [-0.2, 0) is 9.53 Å². The highest BCUT2D eigenvalue weighted by Crippen LogP contribution is 1.87. The molecule has 0 radical (unpaired) electrons. The Morgan fingerprint density at radius 1 is 1.50 bits per heavy atom. The molecule has 0 bridgehead atoms. The highest BCUT2D eigenvalue weighted by Gasteiger charge is 2.10. The molecule has 0 heterocycles. The number of amides is 1. The van der Waals surface area contributed by atoms with E-state index in [0.717, 1.165) is 12.8 Å². The molecule has 1 atom stereocenters. The summed E-state index contributed by atoms with van der Waals surface area (Å²) in [5, 5.41) is 8.45. The van der Waals surface area contributed by atoms with Gasteiger partial charge < -0.3 is 9.84 Å². The van der Waals surface area contributed by atoms with E-state index < -0.39 is 18.1 Å². The Kier molecular flexibility index (Phi) is 6.47. The second kappa shape index (κ2) is 7.14. The van der Waals surface area contributed by atoms with Gasteiger partial charge in [-0.15, -0.1) is 0 Å². The maximum absolute atomic E-state index is 10.9. The van der Waals surface area contributed by atoms with Crippen LogP contribution in [0, 0.1) is 0 Å². The lowest BCUT2D eigenvalue weighted by atomic mass is 10.4. The van der Waals surface area contributed by atoms with Gasteiger partial charge in [0.1, 0.15) is 6.04 Å². The van der Waals surface area contributed by atoms with Crippen molar-refractivity contribution in [3.8, 4) is 0 Å². The minimum Gasteiger partial charge on any atom is -0.480 e. The van der Waals surface area contributed by atoms with Gasteiger partial charge >= 0.3 is 12.1 Å². The van der Waals surface area contributed by atoms with Crippen molar-refractivity contribution >= 4 is 12.1 Å². The SMILES string of the molecule is CCCCOC(=O)NN[C@@H](C)C(=O)O. The molecular formula is C8H16N2O4. The van der Waals surface area contributed by atoms with Gasteiger partial charge in [0.05, 0.1) is 6.61 Å². The van der Waals surface area contributed by atoms with E-state index in [4.69, 9.17) is 9.84 Å². The summed E-state index contributed by atoms with van der Waals surface area (Å²) in [4.78, 5) is 21.2. The number of hydrogen-bond acceptors (Lipinski definition) is 4. The Balaban J connectivity index is 3.48. The number of nitrogens with one attached hydrogen (secondary N) is 2. The lowest BCUT2D eigenvalue weighted by Crippen LogP contribution is -2.46. The van der Waals surface area contributed by atoms with E-state index in [-0.39, 0.29) is 0 Å². The fourth-order valence-corrected chi connectivity index (χ4v) is 0.574. The van der Waals surface area contributed by atoms with Crippen LogP contribution in [0.3, 0.4) is 0 Å².